The van der Waals surface area contributed by atoms with Gasteiger partial charge in [0.15, 0.2) is 0 Å². The van der Waals surface area contributed by atoms with Crippen molar-refractivity contribution in [2.75, 3.05) is 0 Å². The number of hydrogen-bond acceptors (Lipinski definition) is 0. The summed E-state index contributed by atoms with van der Waals surface area (Å²) in [5.41, 5.74) is 4.29. The predicted molar refractivity (Wildman–Crippen MR) is 240 cm³/mol. The van der Waals surface area contributed by atoms with Crippen molar-refractivity contribution in [1.29, 1.82) is 0 Å². The zero-order chi connectivity index (χ0) is 48.8. The molecule has 0 fully saturated rings. The van der Waals surface area contributed by atoms with Crippen molar-refractivity contribution in [2.45, 2.75) is 0 Å². The van der Waals surface area contributed by atoms with Crippen molar-refractivity contribution in [3.05, 3.63) is 212 Å². The van der Waals surface area contributed by atoms with E-state index in [1.165, 1.54) is 0 Å². The van der Waals surface area contributed by atoms with Gasteiger partial charge in [0.05, 0.1) is 62.3 Å². The first kappa shape index (κ1) is 21.5. The molecule has 0 saturated heterocycles. The summed E-state index contributed by atoms with van der Waals surface area (Å²) in [6.07, 6.45) is 0. The number of rotatable bonds is 5. The minimum absolute atomic E-state index is 0.173. The molecular formula is C54H35N3. The largest absolute Gasteiger partial charge is 0.309 e. The van der Waals surface area contributed by atoms with Crippen molar-refractivity contribution < 1.29 is 17.8 Å². The van der Waals surface area contributed by atoms with E-state index in [2.05, 4.69) is 51.6 Å². The fraction of sp³-hybridized carbons (Fsp3) is 0. The van der Waals surface area contributed by atoms with Crippen LogP contribution in [0.2, 0.25) is 0 Å². The van der Waals surface area contributed by atoms with E-state index in [-0.39, 0.29) is 16.8 Å². The molecule has 0 spiro atoms. The van der Waals surface area contributed by atoms with E-state index in [0.717, 1.165) is 49.3 Å². The molecule has 3 aromatic heterocycles. The molecule has 12 rings (SSSR count). The van der Waals surface area contributed by atoms with E-state index in [0.29, 0.717) is 27.5 Å². The third-order valence-corrected chi connectivity index (χ3v) is 11.0. The van der Waals surface area contributed by atoms with Crippen LogP contribution in [0.5, 0.6) is 0 Å². The van der Waals surface area contributed by atoms with Gasteiger partial charge in [-0.05, 0) is 53.6 Å². The van der Waals surface area contributed by atoms with Crippen LogP contribution in [0.15, 0.2) is 212 Å². The summed E-state index contributed by atoms with van der Waals surface area (Å²) in [6.45, 7) is 0. The highest BCUT2D eigenvalue weighted by atomic mass is 15.1. The lowest BCUT2D eigenvalue weighted by Gasteiger charge is -2.21. The predicted octanol–water partition coefficient (Wildman–Crippen LogP) is 14.3. The van der Waals surface area contributed by atoms with Crippen LogP contribution in [-0.4, -0.2) is 13.7 Å². The zero-order valence-corrected chi connectivity index (χ0v) is 30.0. The van der Waals surface area contributed by atoms with E-state index in [1.807, 2.05) is 78.9 Å². The Bertz CT molecular complexity index is 4090. The fourth-order valence-electron chi connectivity index (χ4n) is 8.71. The summed E-state index contributed by atoms with van der Waals surface area (Å²) < 4.78 is 124. The first-order chi connectivity index (χ1) is 33.7. The van der Waals surface area contributed by atoms with Crippen LogP contribution in [0, 0.1) is 0 Å². The summed E-state index contributed by atoms with van der Waals surface area (Å²) >= 11 is 0. The SMILES string of the molecule is [2H]c1c([2H])c([2H])c(-c2c([2H])c([2H])c([2H])c(-c3c([2H])c([2H])c([2H])c([2H])c3[2H])c2-n2c3ccccc3c3cccc(-n4c5ccccc5c5ccc(-n6c7ccccc7c7ccccc76)cc54)c32)c([2H])c1[2H]. The molecule has 0 saturated carbocycles. The van der Waals surface area contributed by atoms with E-state index in [4.69, 9.17) is 8.22 Å². The van der Waals surface area contributed by atoms with Gasteiger partial charge in [0.25, 0.3) is 0 Å². The Labute approximate surface area is 347 Å². The molecule has 0 aliphatic heterocycles. The molecule has 0 aliphatic rings. The number of benzene rings is 9. The third kappa shape index (κ3) is 4.66. The van der Waals surface area contributed by atoms with Gasteiger partial charge in [0, 0.05) is 49.1 Å². The van der Waals surface area contributed by atoms with Gasteiger partial charge in [-0.3, -0.25) is 0 Å². The number of aromatic nitrogens is 3. The molecule has 0 N–H and O–H groups in total. The Morgan fingerprint density at radius 1 is 0.333 bits per heavy atom. The van der Waals surface area contributed by atoms with E-state index < -0.39 is 89.7 Å². The maximum atomic E-state index is 9.66. The van der Waals surface area contributed by atoms with Gasteiger partial charge in [-0.25, -0.2) is 0 Å². The Morgan fingerprint density at radius 3 is 1.35 bits per heavy atom. The lowest BCUT2D eigenvalue weighted by Crippen LogP contribution is -2.04. The molecule has 0 amide bonds. The Balaban J connectivity index is 1.30. The molecule has 0 atom stereocenters. The summed E-state index contributed by atoms with van der Waals surface area (Å²) in [5, 5.41) is 5.41. The van der Waals surface area contributed by atoms with Crippen molar-refractivity contribution in [1.82, 2.24) is 13.7 Å². The van der Waals surface area contributed by atoms with Gasteiger partial charge in [-0.2, -0.15) is 0 Å². The topological polar surface area (TPSA) is 14.8 Å². The molecule has 0 bridgehead atoms. The molecule has 266 valence electrons. The van der Waals surface area contributed by atoms with E-state index in [9.17, 15) is 9.60 Å². The quantitative estimate of drug-likeness (QED) is 0.167. The number of para-hydroxylation sites is 6. The first-order valence-corrected chi connectivity index (χ1v) is 18.6. The highest BCUT2D eigenvalue weighted by Crippen LogP contribution is 2.45. The Kier molecular flexibility index (Phi) is 4.69. The zero-order valence-electron chi connectivity index (χ0n) is 43.0. The van der Waals surface area contributed by atoms with Crippen LogP contribution in [0.25, 0.3) is 105 Å². The van der Waals surface area contributed by atoms with Gasteiger partial charge in [0.2, 0.25) is 0 Å². The van der Waals surface area contributed by atoms with Gasteiger partial charge in [-0.1, -0.05) is 170 Å². The molecule has 3 heteroatoms. The number of nitrogens with zero attached hydrogens (tertiary/aromatic N) is 3. The van der Waals surface area contributed by atoms with Gasteiger partial charge < -0.3 is 13.7 Å². The lowest BCUT2D eigenvalue weighted by atomic mass is 9.95. The minimum Gasteiger partial charge on any atom is -0.309 e. The summed E-state index contributed by atoms with van der Waals surface area (Å²) in [6, 6.07) is 34.8. The standard InChI is InChI=1S/C54H35N3/c1-3-17-36(18-4-1)39-25-15-26-40(37-19-5-2-6-20-37)53(39)57-50-31-14-10-24-44(50)46-27-16-32-51(54(46)57)56-49-30-13-9-23-43(49)45-34-33-38(35-52(45)56)55-47-28-11-7-21-41(47)42-22-8-12-29-48(42)55/h1-35H/i1D,2D,3D,4D,5D,6D,15D,17D,18D,19D,20D,25D,26D. The number of hydrogen-bond donors (Lipinski definition) is 0. The van der Waals surface area contributed by atoms with Crippen LogP contribution in [0.3, 0.4) is 0 Å². The maximum absolute atomic E-state index is 9.66. The van der Waals surface area contributed by atoms with Gasteiger partial charge in [0.1, 0.15) is 0 Å². The molecule has 3 nitrogen and oxygen atoms in total. The van der Waals surface area contributed by atoms with Crippen LogP contribution >= 0.6 is 0 Å². The van der Waals surface area contributed by atoms with Crippen LogP contribution in [0.4, 0.5) is 0 Å². The molecule has 9 aromatic carbocycles. The smallest absolute Gasteiger partial charge is 0.0782 e. The van der Waals surface area contributed by atoms with Crippen molar-refractivity contribution >= 4 is 65.4 Å². The number of fused-ring (bicyclic) bond motifs is 9. The summed E-state index contributed by atoms with van der Waals surface area (Å²) in [7, 11) is 0. The molecule has 3 heterocycles. The summed E-state index contributed by atoms with van der Waals surface area (Å²) in [4.78, 5) is 0. The first-order valence-electron chi connectivity index (χ1n) is 25.1. The van der Waals surface area contributed by atoms with Crippen LogP contribution < -0.4 is 0 Å². The average Bonchev–Trinajstić information content (AvgIpc) is 4.02. The molecule has 57 heavy (non-hydrogen) atoms. The molecule has 0 radical (unpaired) electrons. The van der Waals surface area contributed by atoms with Crippen molar-refractivity contribution in [3.63, 3.8) is 0 Å². The molecular weight excluding hydrogens is 691 g/mol. The highest BCUT2D eigenvalue weighted by molar-refractivity contribution is 6.16. The maximum Gasteiger partial charge on any atom is 0.0782 e. The lowest BCUT2D eigenvalue weighted by molar-refractivity contribution is 1.13. The minimum atomic E-state index is -0.742. The van der Waals surface area contributed by atoms with E-state index in [1.54, 1.807) is 16.7 Å². The average molecular weight is 739 g/mol. The normalized spacial score (nSPS) is 15.1. The molecule has 0 unspecified atom stereocenters. The second kappa shape index (κ2) is 12.5. The fourth-order valence-corrected chi connectivity index (χ4v) is 8.71. The van der Waals surface area contributed by atoms with Crippen molar-refractivity contribution in [2.24, 2.45) is 0 Å². The summed E-state index contributed by atoms with van der Waals surface area (Å²) in [5.74, 6) is 0. The Hall–Kier alpha value is -7.62. The third-order valence-electron chi connectivity index (χ3n) is 11.0. The van der Waals surface area contributed by atoms with Crippen molar-refractivity contribution in [3.8, 4) is 39.3 Å². The van der Waals surface area contributed by atoms with Crippen LogP contribution in [-0.2, 0) is 0 Å². The molecule has 12 aromatic rings. The highest BCUT2D eigenvalue weighted by Gasteiger charge is 2.24. The van der Waals surface area contributed by atoms with Gasteiger partial charge >= 0.3 is 0 Å². The molecule has 0 aliphatic carbocycles. The van der Waals surface area contributed by atoms with Crippen LogP contribution in [0.1, 0.15) is 17.8 Å². The second-order valence-corrected chi connectivity index (χ2v) is 13.9. The monoisotopic (exact) mass is 738 g/mol. The Morgan fingerprint density at radius 2 is 0.789 bits per heavy atom. The van der Waals surface area contributed by atoms with Gasteiger partial charge in [-0.15, -0.1) is 0 Å². The second-order valence-electron chi connectivity index (χ2n) is 13.9. The van der Waals surface area contributed by atoms with E-state index >= 15 is 0 Å².